The first-order valence-electron chi connectivity index (χ1n) is 7.55. The Labute approximate surface area is 153 Å². The lowest BCUT2D eigenvalue weighted by Gasteiger charge is -2.29. The van der Waals surface area contributed by atoms with Gasteiger partial charge in [0.2, 0.25) is 0 Å². The molecule has 0 saturated carbocycles. The number of cyclic esters (lactones) is 2. The van der Waals surface area contributed by atoms with Crippen LogP contribution in [0.15, 0.2) is 58.6 Å². The second-order valence-corrected chi connectivity index (χ2v) is 6.75. The van der Waals surface area contributed by atoms with Crippen molar-refractivity contribution in [2.75, 3.05) is 0 Å². The van der Waals surface area contributed by atoms with E-state index in [-0.39, 0.29) is 5.57 Å². The number of benzene rings is 2. The van der Waals surface area contributed by atoms with Crippen LogP contribution in [0, 0.1) is 0 Å². The van der Waals surface area contributed by atoms with Crippen LogP contribution in [0.1, 0.15) is 19.4 Å². The largest absolute Gasteiger partial charge is 0.457 e. The predicted molar refractivity (Wildman–Crippen MR) is 94.9 cm³/mol. The summed E-state index contributed by atoms with van der Waals surface area (Å²) in [5.41, 5.74) is 0.389. The van der Waals surface area contributed by atoms with Gasteiger partial charge in [0.25, 0.3) is 5.79 Å². The Balaban J connectivity index is 1.92. The molecule has 0 amide bonds. The maximum absolute atomic E-state index is 12.1. The third-order valence-corrected chi connectivity index (χ3v) is 3.91. The SMILES string of the molecule is CC1(C)OC(=O)C(=Cc2ccccc2Oc2ccc(Br)cc2)C(=O)O1. The van der Waals surface area contributed by atoms with Gasteiger partial charge >= 0.3 is 11.9 Å². The average Bonchev–Trinajstić information content (AvgIpc) is 2.53. The van der Waals surface area contributed by atoms with Crippen LogP contribution >= 0.6 is 15.9 Å². The van der Waals surface area contributed by atoms with Crippen molar-refractivity contribution in [1.29, 1.82) is 0 Å². The molecule has 25 heavy (non-hydrogen) atoms. The van der Waals surface area contributed by atoms with Crippen molar-refractivity contribution in [2.24, 2.45) is 0 Å². The number of para-hydroxylation sites is 1. The van der Waals surface area contributed by atoms with Gasteiger partial charge in [0.15, 0.2) is 0 Å². The molecule has 1 saturated heterocycles. The standard InChI is InChI=1S/C19H15BrO5/c1-19(2)24-17(21)15(18(22)25-19)11-12-5-3-4-6-16(12)23-14-9-7-13(20)8-10-14/h3-11H,1-2H3. The van der Waals surface area contributed by atoms with E-state index in [0.29, 0.717) is 17.1 Å². The average molecular weight is 403 g/mol. The second kappa shape index (κ2) is 6.72. The molecule has 0 unspecified atom stereocenters. The van der Waals surface area contributed by atoms with E-state index in [1.165, 1.54) is 19.9 Å². The molecule has 0 aromatic heterocycles. The minimum atomic E-state index is -1.26. The highest BCUT2D eigenvalue weighted by Crippen LogP contribution is 2.30. The summed E-state index contributed by atoms with van der Waals surface area (Å²) in [5, 5.41) is 0. The maximum atomic E-state index is 12.1. The fraction of sp³-hybridized carbons (Fsp3) is 0.158. The lowest BCUT2D eigenvalue weighted by Crippen LogP contribution is -2.41. The minimum absolute atomic E-state index is 0.175. The van der Waals surface area contributed by atoms with Crippen LogP contribution in [0.5, 0.6) is 11.5 Å². The highest BCUT2D eigenvalue weighted by atomic mass is 79.9. The Morgan fingerprint density at radius 1 is 0.960 bits per heavy atom. The summed E-state index contributed by atoms with van der Waals surface area (Å²) in [4.78, 5) is 24.2. The Morgan fingerprint density at radius 3 is 2.20 bits per heavy atom. The molecular weight excluding hydrogens is 388 g/mol. The Bertz CT molecular complexity index is 830. The van der Waals surface area contributed by atoms with Gasteiger partial charge in [-0.15, -0.1) is 0 Å². The molecule has 6 heteroatoms. The van der Waals surface area contributed by atoms with Crippen LogP contribution in [0.3, 0.4) is 0 Å². The Hall–Kier alpha value is -2.60. The minimum Gasteiger partial charge on any atom is -0.457 e. The quantitative estimate of drug-likeness (QED) is 0.430. The van der Waals surface area contributed by atoms with E-state index in [1.54, 1.807) is 36.4 Å². The molecule has 1 aliphatic heterocycles. The molecular formula is C19H15BrO5. The summed E-state index contributed by atoms with van der Waals surface area (Å²) in [5.74, 6) is -1.58. The molecule has 2 aromatic rings. The van der Waals surface area contributed by atoms with E-state index in [4.69, 9.17) is 14.2 Å². The van der Waals surface area contributed by atoms with Gasteiger partial charge in [0, 0.05) is 23.9 Å². The predicted octanol–water partition coefficient (Wildman–Crippen LogP) is 4.46. The molecule has 2 aromatic carbocycles. The number of esters is 2. The lowest BCUT2D eigenvalue weighted by atomic mass is 10.1. The van der Waals surface area contributed by atoms with Crippen LogP contribution in [0.2, 0.25) is 0 Å². The molecule has 5 nitrogen and oxygen atoms in total. The van der Waals surface area contributed by atoms with Crippen LogP contribution in [0.25, 0.3) is 6.08 Å². The van der Waals surface area contributed by atoms with E-state index in [9.17, 15) is 9.59 Å². The van der Waals surface area contributed by atoms with Crippen molar-refractivity contribution in [3.05, 3.63) is 64.1 Å². The van der Waals surface area contributed by atoms with Crippen molar-refractivity contribution in [3.63, 3.8) is 0 Å². The topological polar surface area (TPSA) is 61.8 Å². The van der Waals surface area contributed by atoms with Crippen molar-refractivity contribution in [3.8, 4) is 11.5 Å². The molecule has 0 N–H and O–H groups in total. The number of carbonyl (C=O) groups is 2. The van der Waals surface area contributed by atoms with Gasteiger partial charge in [-0.3, -0.25) is 0 Å². The van der Waals surface area contributed by atoms with Gasteiger partial charge in [-0.1, -0.05) is 34.1 Å². The first-order valence-corrected chi connectivity index (χ1v) is 8.34. The highest BCUT2D eigenvalue weighted by molar-refractivity contribution is 9.10. The zero-order valence-corrected chi connectivity index (χ0v) is 15.2. The summed E-state index contributed by atoms with van der Waals surface area (Å²) in [6.07, 6.45) is 1.41. The van der Waals surface area contributed by atoms with E-state index < -0.39 is 17.7 Å². The molecule has 128 valence electrons. The zero-order valence-electron chi connectivity index (χ0n) is 13.6. The van der Waals surface area contributed by atoms with E-state index in [2.05, 4.69) is 15.9 Å². The first kappa shape index (κ1) is 17.2. The van der Waals surface area contributed by atoms with E-state index >= 15 is 0 Å². The molecule has 0 bridgehead atoms. The molecule has 1 heterocycles. The van der Waals surface area contributed by atoms with Crippen LogP contribution in [-0.4, -0.2) is 17.7 Å². The van der Waals surface area contributed by atoms with Gasteiger partial charge in [-0.2, -0.15) is 0 Å². The van der Waals surface area contributed by atoms with Crippen LogP contribution in [-0.2, 0) is 19.1 Å². The smallest absolute Gasteiger partial charge is 0.348 e. The molecule has 1 fully saturated rings. The molecule has 0 atom stereocenters. The summed E-state index contributed by atoms with van der Waals surface area (Å²) in [6.45, 7) is 3.01. The normalized spacial score (nSPS) is 16.0. The van der Waals surface area contributed by atoms with Crippen molar-refractivity contribution >= 4 is 33.9 Å². The van der Waals surface area contributed by atoms with Gasteiger partial charge < -0.3 is 14.2 Å². The Kier molecular flexibility index (Phi) is 4.63. The maximum Gasteiger partial charge on any atom is 0.348 e. The fourth-order valence-electron chi connectivity index (χ4n) is 2.26. The summed E-state index contributed by atoms with van der Waals surface area (Å²) in [6, 6.07) is 14.4. The van der Waals surface area contributed by atoms with Gasteiger partial charge in [0.05, 0.1) is 0 Å². The van der Waals surface area contributed by atoms with E-state index in [1.807, 2.05) is 12.1 Å². The third kappa shape index (κ3) is 4.09. The van der Waals surface area contributed by atoms with Gasteiger partial charge in [0.1, 0.15) is 17.1 Å². The number of ether oxygens (including phenoxy) is 3. The van der Waals surface area contributed by atoms with Gasteiger partial charge in [-0.25, -0.2) is 9.59 Å². The summed E-state index contributed by atoms with van der Waals surface area (Å²) < 4.78 is 17.0. The monoisotopic (exact) mass is 402 g/mol. The molecule has 3 rings (SSSR count). The molecule has 0 radical (unpaired) electrons. The first-order chi connectivity index (χ1) is 11.8. The number of rotatable bonds is 3. The Morgan fingerprint density at radius 2 is 1.56 bits per heavy atom. The van der Waals surface area contributed by atoms with E-state index in [0.717, 1.165) is 4.47 Å². The molecule has 0 aliphatic carbocycles. The lowest BCUT2D eigenvalue weighted by molar-refractivity contribution is -0.222. The number of halogens is 1. The van der Waals surface area contributed by atoms with Gasteiger partial charge in [-0.05, 0) is 36.4 Å². The summed E-state index contributed by atoms with van der Waals surface area (Å²) in [7, 11) is 0. The number of carbonyl (C=O) groups excluding carboxylic acids is 2. The van der Waals surface area contributed by atoms with Crippen LogP contribution < -0.4 is 4.74 Å². The zero-order chi connectivity index (χ0) is 18.0. The highest BCUT2D eigenvalue weighted by Gasteiger charge is 2.38. The third-order valence-electron chi connectivity index (χ3n) is 3.38. The van der Waals surface area contributed by atoms with Crippen LogP contribution in [0.4, 0.5) is 0 Å². The molecule has 1 aliphatic rings. The summed E-state index contributed by atoms with van der Waals surface area (Å²) >= 11 is 3.37. The number of hydrogen-bond acceptors (Lipinski definition) is 5. The van der Waals surface area contributed by atoms with Crippen molar-refractivity contribution < 1.29 is 23.8 Å². The molecule has 0 spiro atoms. The van der Waals surface area contributed by atoms with Crippen molar-refractivity contribution in [2.45, 2.75) is 19.6 Å². The fourth-order valence-corrected chi connectivity index (χ4v) is 2.52. The number of hydrogen-bond donors (Lipinski definition) is 0. The second-order valence-electron chi connectivity index (χ2n) is 5.83. The van der Waals surface area contributed by atoms with Crippen molar-refractivity contribution in [1.82, 2.24) is 0 Å².